The van der Waals surface area contributed by atoms with Crippen LogP contribution in [0.4, 0.5) is 0 Å². The zero-order valence-electron chi connectivity index (χ0n) is 16.0. The smallest absolute Gasteiger partial charge is 0.242 e. The first-order valence-corrected chi connectivity index (χ1v) is 11.9. The van der Waals surface area contributed by atoms with Crippen molar-refractivity contribution in [3.05, 3.63) is 44.8 Å². The molecule has 150 valence electrons. The molecule has 2 aliphatic heterocycles. The number of hydrogen-bond donors (Lipinski definition) is 1. The molecular formula is C21H27N3O2S2. The maximum absolute atomic E-state index is 12.9. The Morgan fingerprint density at radius 3 is 2.57 bits per heavy atom. The summed E-state index contributed by atoms with van der Waals surface area (Å²) in [4.78, 5) is 32.3. The van der Waals surface area contributed by atoms with Gasteiger partial charge in [0.1, 0.15) is 6.04 Å². The van der Waals surface area contributed by atoms with Gasteiger partial charge in [-0.25, -0.2) is 0 Å². The van der Waals surface area contributed by atoms with Gasteiger partial charge >= 0.3 is 0 Å². The molecular weight excluding hydrogens is 390 g/mol. The lowest BCUT2D eigenvalue weighted by Gasteiger charge is -2.29. The van der Waals surface area contributed by atoms with Crippen molar-refractivity contribution in [3.63, 3.8) is 0 Å². The zero-order chi connectivity index (χ0) is 19.3. The molecule has 4 heterocycles. The van der Waals surface area contributed by atoms with Crippen LogP contribution >= 0.6 is 22.7 Å². The highest BCUT2D eigenvalue weighted by Crippen LogP contribution is 2.28. The molecule has 4 rings (SSSR count). The Morgan fingerprint density at radius 1 is 1.07 bits per heavy atom. The molecule has 2 fully saturated rings. The number of thiophene rings is 2. The molecule has 0 radical (unpaired) electrons. The first kappa shape index (κ1) is 19.6. The second kappa shape index (κ2) is 9.20. The van der Waals surface area contributed by atoms with Crippen molar-refractivity contribution >= 4 is 34.5 Å². The maximum Gasteiger partial charge on any atom is 0.242 e. The van der Waals surface area contributed by atoms with Gasteiger partial charge in [0.2, 0.25) is 11.8 Å². The van der Waals surface area contributed by atoms with Crippen molar-refractivity contribution in [2.24, 2.45) is 0 Å². The van der Waals surface area contributed by atoms with E-state index in [0.717, 1.165) is 30.8 Å². The summed E-state index contributed by atoms with van der Waals surface area (Å²) in [5.74, 6) is 0.0623. The van der Waals surface area contributed by atoms with E-state index in [9.17, 15) is 9.59 Å². The van der Waals surface area contributed by atoms with Gasteiger partial charge in [-0.2, -0.15) is 0 Å². The van der Waals surface area contributed by atoms with Crippen LogP contribution < -0.4 is 5.32 Å². The van der Waals surface area contributed by atoms with Crippen LogP contribution in [-0.2, 0) is 16.0 Å². The van der Waals surface area contributed by atoms with Gasteiger partial charge in [0.05, 0.1) is 12.5 Å². The quantitative estimate of drug-likeness (QED) is 0.752. The van der Waals surface area contributed by atoms with Gasteiger partial charge in [0, 0.05) is 22.8 Å². The van der Waals surface area contributed by atoms with E-state index in [1.54, 1.807) is 27.6 Å². The number of amides is 2. The van der Waals surface area contributed by atoms with E-state index in [1.807, 2.05) is 17.5 Å². The second-order valence-corrected chi connectivity index (χ2v) is 9.53. The highest BCUT2D eigenvalue weighted by molar-refractivity contribution is 7.10. The van der Waals surface area contributed by atoms with Crippen molar-refractivity contribution in [1.82, 2.24) is 15.1 Å². The van der Waals surface area contributed by atoms with Crippen molar-refractivity contribution in [2.75, 3.05) is 26.2 Å². The number of nitrogens with zero attached hydrogens (tertiary/aromatic N) is 2. The normalized spacial score (nSPS) is 21.1. The fraction of sp³-hybridized carbons (Fsp3) is 0.524. The summed E-state index contributed by atoms with van der Waals surface area (Å²) < 4.78 is 0. The highest BCUT2D eigenvalue weighted by Gasteiger charge is 2.34. The third-order valence-electron chi connectivity index (χ3n) is 5.70. The summed E-state index contributed by atoms with van der Waals surface area (Å²) in [7, 11) is 0. The molecule has 0 saturated carbocycles. The van der Waals surface area contributed by atoms with Gasteiger partial charge in [-0.05, 0) is 61.7 Å². The minimum absolute atomic E-state index is 0.00205. The van der Waals surface area contributed by atoms with Gasteiger partial charge in [-0.1, -0.05) is 12.1 Å². The molecule has 5 nitrogen and oxygen atoms in total. The summed E-state index contributed by atoms with van der Waals surface area (Å²) in [5, 5.41) is 7.25. The van der Waals surface area contributed by atoms with Crippen LogP contribution in [0.15, 0.2) is 35.0 Å². The van der Waals surface area contributed by atoms with E-state index in [2.05, 4.69) is 27.7 Å². The van der Waals surface area contributed by atoms with Gasteiger partial charge in [0.15, 0.2) is 0 Å². The van der Waals surface area contributed by atoms with Crippen LogP contribution in [0.5, 0.6) is 0 Å². The van der Waals surface area contributed by atoms with Crippen LogP contribution in [0.3, 0.4) is 0 Å². The molecule has 7 heteroatoms. The van der Waals surface area contributed by atoms with Crippen molar-refractivity contribution in [2.45, 2.75) is 44.2 Å². The van der Waals surface area contributed by atoms with Crippen LogP contribution in [0.1, 0.15) is 41.5 Å². The van der Waals surface area contributed by atoms with Gasteiger partial charge in [0.25, 0.3) is 0 Å². The Balaban J connectivity index is 1.37. The van der Waals surface area contributed by atoms with Gasteiger partial charge in [-0.15, -0.1) is 22.7 Å². The van der Waals surface area contributed by atoms with E-state index < -0.39 is 0 Å². The number of rotatable bonds is 7. The molecule has 0 bridgehead atoms. The number of nitrogens with one attached hydrogen (secondary N) is 1. The second-order valence-electron chi connectivity index (χ2n) is 7.52. The summed E-state index contributed by atoms with van der Waals surface area (Å²) in [6.07, 6.45) is 4.50. The first-order valence-electron chi connectivity index (χ1n) is 10.1. The van der Waals surface area contributed by atoms with Crippen molar-refractivity contribution < 1.29 is 9.59 Å². The molecule has 2 aromatic rings. The fourth-order valence-electron chi connectivity index (χ4n) is 4.26. The molecule has 0 spiro atoms. The van der Waals surface area contributed by atoms with Gasteiger partial charge in [-0.3, -0.25) is 14.5 Å². The highest BCUT2D eigenvalue weighted by atomic mass is 32.1. The topological polar surface area (TPSA) is 52.7 Å². The van der Waals surface area contributed by atoms with Crippen molar-refractivity contribution in [3.8, 4) is 0 Å². The minimum Gasteiger partial charge on any atom is -0.352 e. The Bertz CT molecular complexity index is 770. The maximum atomic E-state index is 12.9. The van der Waals surface area contributed by atoms with Crippen LogP contribution in [0.2, 0.25) is 0 Å². The lowest BCUT2D eigenvalue weighted by Crippen LogP contribution is -2.48. The van der Waals surface area contributed by atoms with Crippen LogP contribution in [-0.4, -0.2) is 53.8 Å². The third kappa shape index (κ3) is 4.47. The van der Waals surface area contributed by atoms with E-state index in [4.69, 9.17) is 0 Å². The molecule has 2 unspecified atom stereocenters. The number of carbonyl (C=O) groups excluding carboxylic acids is 2. The average molecular weight is 418 g/mol. The fourth-order valence-corrected chi connectivity index (χ4v) is 5.82. The molecule has 2 aliphatic rings. The SMILES string of the molecule is O=C(NCC(c1cccs1)N1CCCC1)C1CCCN1C(=O)Cc1cccs1. The summed E-state index contributed by atoms with van der Waals surface area (Å²) in [5.41, 5.74) is 0. The molecule has 1 N–H and O–H groups in total. The first-order chi connectivity index (χ1) is 13.7. The predicted molar refractivity (Wildman–Crippen MR) is 114 cm³/mol. The van der Waals surface area contributed by atoms with Crippen molar-refractivity contribution in [1.29, 1.82) is 0 Å². The van der Waals surface area contributed by atoms with E-state index >= 15 is 0 Å². The Labute approximate surface area is 174 Å². The van der Waals surface area contributed by atoms with Crippen LogP contribution in [0, 0.1) is 0 Å². The standard InChI is InChI=1S/C21H27N3O2S2/c25-20(14-16-6-4-12-27-16)24-11-3-7-17(24)21(26)22-15-18(19-8-5-13-28-19)23-9-1-2-10-23/h4-6,8,12-13,17-18H,1-3,7,9-11,14-15H2,(H,22,26). The Hall–Kier alpha value is -1.70. The van der Waals surface area contributed by atoms with E-state index in [0.29, 0.717) is 19.5 Å². The molecule has 2 aromatic heterocycles. The lowest BCUT2D eigenvalue weighted by atomic mass is 10.1. The summed E-state index contributed by atoms with van der Waals surface area (Å²) in [6.45, 7) is 3.48. The molecule has 2 amide bonds. The number of hydrogen-bond acceptors (Lipinski definition) is 5. The molecule has 0 aliphatic carbocycles. The molecule has 2 atom stereocenters. The molecule has 2 saturated heterocycles. The lowest BCUT2D eigenvalue weighted by molar-refractivity contribution is -0.138. The Morgan fingerprint density at radius 2 is 1.86 bits per heavy atom. The average Bonchev–Trinajstić information content (AvgIpc) is 3.50. The Kier molecular flexibility index (Phi) is 6.44. The molecule has 0 aromatic carbocycles. The number of carbonyl (C=O) groups is 2. The monoisotopic (exact) mass is 417 g/mol. The third-order valence-corrected chi connectivity index (χ3v) is 7.55. The van der Waals surface area contributed by atoms with E-state index in [1.165, 1.54) is 17.7 Å². The van der Waals surface area contributed by atoms with Crippen LogP contribution in [0.25, 0.3) is 0 Å². The number of likely N-dealkylation sites (tertiary alicyclic amines) is 2. The zero-order valence-corrected chi connectivity index (χ0v) is 17.6. The van der Waals surface area contributed by atoms with Gasteiger partial charge < -0.3 is 10.2 Å². The molecule has 28 heavy (non-hydrogen) atoms. The summed E-state index contributed by atoms with van der Waals surface area (Å²) in [6, 6.07) is 8.09. The largest absolute Gasteiger partial charge is 0.352 e. The summed E-state index contributed by atoms with van der Waals surface area (Å²) >= 11 is 3.35. The minimum atomic E-state index is -0.324. The predicted octanol–water partition coefficient (Wildman–Crippen LogP) is 3.30. The van der Waals surface area contributed by atoms with E-state index in [-0.39, 0.29) is 23.9 Å².